The number of hydrogen-bond acceptors (Lipinski definition) is 5. The zero-order valence-electron chi connectivity index (χ0n) is 11.3. The van der Waals surface area contributed by atoms with Crippen LogP contribution in [0.5, 0.6) is 5.75 Å². The minimum Gasteiger partial charge on any atom is -0.497 e. The molecule has 0 fully saturated rings. The molecule has 1 aromatic heterocycles. The van der Waals surface area contributed by atoms with Crippen molar-refractivity contribution in [2.75, 3.05) is 19.4 Å². The highest BCUT2D eigenvalue weighted by atomic mass is 32.2. The summed E-state index contributed by atoms with van der Waals surface area (Å²) in [6.07, 6.45) is 1.42. The minimum atomic E-state index is -0.442. The number of nitrogens with zero attached hydrogens (tertiary/aromatic N) is 1. The monoisotopic (exact) mass is 303 g/mol. The van der Waals surface area contributed by atoms with Gasteiger partial charge in [-0.05, 0) is 12.1 Å². The van der Waals surface area contributed by atoms with E-state index in [0.717, 1.165) is 5.75 Å². The van der Waals surface area contributed by atoms with Crippen LogP contribution in [-0.4, -0.2) is 35.5 Å². The number of aliphatic imine (C=N–C) groups is 1. The summed E-state index contributed by atoms with van der Waals surface area (Å²) >= 11 is 1.47. The number of pyridine rings is 1. The number of ether oxygens (including phenoxy) is 1. The average Bonchev–Trinajstić information content (AvgIpc) is 3.00. The van der Waals surface area contributed by atoms with Crippen LogP contribution in [0.1, 0.15) is 10.4 Å². The van der Waals surface area contributed by atoms with Crippen molar-refractivity contribution in [1.29, 1.82) is 0 Å². The van der Waals surface area contributed by atoms with E-state index in [9.17, 15) is 9.59 Å². The van der Waals surface area contributed by atoms with Crippen LogP contribution in [-0.2, 0) is 0 Å². The van der Waals surface area contributed by atoms with Gasteiger partial charge in [-0.2, -0.15) is 0 Å². The summed E-state index contributed by atoms with van der Waals surface area (Å²) in [6, 6.07) is 5.05. The van der Waals surface area contributed by atoms with Crippen LogP contribution in [0.15, 0.2) is 34.2 Å². The van der Waals surface area contributed by atoms with Gasteiger partial charge in [0.2, 0.25) is 5.43 Å². The molecule has 0 saturated heterocycles. The standard InChI is InChI=1S/C14H13N3O3S/c1-20-8-2-3-9-11(6-8)16-7-10(12(9)18)13(19)17-14-15-4-5-21-14/h2-3,6-7H,4-5H2,1H3,(H,16,18)(H,15,17,19). The number of hydrogen-bond donors (Lipinski definition) is 2. The van der Waals surface area contributed by atoms with E-state index in [4.69, 9.17) is 4.74 Å². The third-order valence-electron chi connectivity index (χ3n) is 3.14. The Morgan fingerprint density at radius 1 is 1.48 bits per heavy atom. The van der Waals surface area contributed by atoms with Gasteiger partial charge in [0.25, 0.3) is 5.91 Å². The van der Waals surface area contributed by atoms with Crippen molar-refractivity contribution in [3.8, 4) is 5.75 Å². The van der Waals surface area contributed by atoms with Gasteiger partial charge < -0.3 is 15.0 Å². The molecule has 6 nitrogen and oxygen atoms in total. The van der Waals surface area contributed by atoms with Crippen LogP contribution < -0.4 is 15.5 Å². The topological polar surface area (TPSA) is 83.6 Å². The maximum atomic E-state index is 12.4. The van der Waals surface area contributed by atoms with Crippen molar-refractivity contribution < 1.29 is 9.53 Å². The molecule has 0 saturated carbocycles. The molecule has 21 heavy (non-hydrogen) atoms. The lowest BCUT2D eigenvalue weighted by atomic mass is 10.1. The van der Waals surface area contributed by atoms with E-state index in [1.54, 1.807) is 25.3 Å². The maximum absolute atomic E-state index is 12.4. The number of aromatic amines is 1. The van der Waals surface area contributed by atoms with E-state index in [1.165, 1.54) is 18.0 Å². The minimum absolute atomic E-state index is 0.0721. The van der Waals surface area contributed by atoms with Crippen LogP contribution in [0, 0.1) is 0 Å². The van der Waals surface area contributed by atoms with E-state index in [1.807, 2.05) is 0 Å². The predicted octanol–water partition coefficient (Wildman–Crippen LogP) is 1.37. The third kappa shape index (κ3) is 2.64. The second-order valence-electron chi connectivity index (χ2n) is 4.43. The fourth-order valence-corrected chi connectivity index (χ4v) is 2.80. The fourth-order valence-electron chi connectivity index (χ4n) is 2.07. The molecule has 0 unspecified atom stereocenters. The Kier molecular flexibility index (Phi) is 3.66. The Labute approximate surface area is 124 Å². The van der Waals surface area contributed by atoms with Gasteiger partial charge in [0.05, 0.1) is 19.2 Å². The first-order valence-corrected chi connectivity index (χ1v) is 7.35. The molecule has 0 bridgehead atoms. The van der Waals surface area contributed by atoms with E-state index in [2.05, 4.69) is 15.3 Å². The maximum Gasteiger partial charge on any atom is 0.262 e. The summed E-state index contributed by atoms with van der Waals surface area (Å²) in [5.74, 6) is 1.05. The molecule has 1 amide bonds. The number of benzene rings is 1. The fraction of sp³-hybridized carbons (Fsp3) is 0.214. The number of carbonyl (C=O) groups is 1. The van der Waals surface area contributed by atoms with E-state index in [-0.39, 0.29) is 11.0 Å². The number of amides is 1. The molecule has 1 aliphatic rings. The first kappa shape index (κ1) is 13.7. The summed E-state index contributed by atoms with van der Waals surface area (Å²) in [5.41, 5.74) is 0.388. The molecule has 7 heteroatoms. The summed E-state index contributed by atoms with van der Waals surface area (Å²) < 4.78 is 5.11. The Bertz CT molecular complexity index is 798. The molecule has 2 aromatic rings. The van der Waals surface area contributed by atoms with Crippen molar-refractivity contribution in [2.24, 2.45) is 4.99 Å². The van der Waals surface area contributed by atoms with Gasteiger partial charge in [0, 0.05) is 23.4 Å². The van der Waals surface area contributed by atoms with Crippen molar-refractivity contribution in [3.63, 3.8) is 0 Å². The third-order valence-corrected chi connectivity index (χ3v) is 4.03. The van der Waals surface area contributed by atoms with Gasteiger partial charge in [0.15, 0.2) is 5.17 Å². The molecule has 0 radical (unpaired) electrons. The van der Waals surface area contributed by atoms with Gasteiger partial charge in [-0.3, -0.25) is 14.6 Å². The molecular weight excluding hydrogens is 290 g/mol. The van der Waals surface area contributed by atoms with Gasteiger partial charge in [-0.25, -0.2) is 0 Å². The quantitative estimate of drug-likeness (QED) is 0.877. The van der Waals surface area contributed by atoms with Gasteiger partial charge in [-0.15, -0.1) is 0 Å². The Balaban J connectivity index is 1.97. The second kappa shape index (κ2) is 5.61. The first-order valence-electron chi connectivity index (χ1n) is 6.37. The van der Waals surface area contributed by atoms with Crippen LogP contribution in [0.3, 0.4) is 0 Å². The number of amidine groups is 1. The zero-order valence-corrected chi connectivity index (χ0v) is 12.1. The molecule has 1 aliphatic heterocycles. The Morgan fingerprint density at radius 3 is 3.05 bits per heavy atom. The summed E-state index contributed by atoms with van der Waals surface area (Å²) in [7, 11) is 1.56. The number of rotatable bonds is 2. The number of carbonyl (C=O) groups excluding carboxylic acids is 1. The number of aromatic nitrogens is 1. The second-order valence-corrected chi connectivity index (χ2v) is 5.52. The van der Waals surface area contributed by atoms with E-state index in [0.29, 0.717) is 28.4 Å². The molecule has 0 spiro atoms. The summed E-state index contributed by atoms with van der Waals surface area (Å²) in [5, 5.41) is 3.67. The van der Waals surface area contributed by atoms with Crippen LogP contribution in [0.25, 0.3) is 10.9 Å². The highest BCUT2D eigenvalue weighted by Gasteiger charge is 2.16. The zero-order chi connectivity index (χ0) is 14.8. The van der Waals surface area contributed by atoms with Crippen molar-refractivity contribution in [3.05, 3.63) is 40.2 Å². The van der Waals surface area contributed by atoms with Crippen molar-refractivity contribution in [1.82, 2.24) is 10.3 Å². The lowest BCUT2D eigenvalue weighted by Crippen LogP contribution is -2.31. The highest BCUT2D eigenvalue weighted by molar-refractivity contribution is 8.14. The predicted molar refractivity (Wildman–Crippen MR) is 83.3 cm³/mol. The summed E-state index contributed by atoms with van der Waals surface area (Å²) in [4.78, 5) is 31.6. The molecule has 3 rings (SSSR count). The molecule has 2 N–H and O–H groups in total. The number of thioether (sulfide) groups is 1. The van der Waals surface area contributed by atoms with Crippen molar-refractivity contribution >= 4 is 33.7 Å². The largest absolute Gasteiger partial charge is 0.497 e. The molecule has 2 heterocycles. The highest BCUT2D eigenvalue weighted by Crippen LogP contribution is 2.17. The normalized spacial score (nSPS) is 14.0. The van der Waals surface area contributed by atoms with E-state index >= 15 is 0 Å². The number of H-pyrrole nitrogens is 1. The molecule has 0 aliphatic carbocycles. The number of fused-ring (bicyclic) bond motifs is 1. The van der Waals surface area contributed by atoms with E-state index < -0.39 is 5.91 Å². The first-order chi connectivity index (χ1) is 10.2. The van der Waals surface area contributed by atoms with Gasteiger partial charge in [0.1, 0.15) is 11.3 Å². The van der Waals surface area contributed by atoms with Gasteiger partial charge >= 0.3 is 0 Å². The summed E-state index contributed by atoms with van der Waals surface area (Å²) in [6.45, 7) is 0.689. The van der Waals surface area contributed by atoms with Gasteiger partial charge in [-0.1, -0.05) is 11.8 Å². The lowest BCUT2D eigenvalue weighted by Gasteiger charge is -2.06. The SMILES string of the molecule is COc1ccc2c(=O)c(C(=O)NC3=NCCS3)c[nH]c2c1. The Morgan fingerprint density at radius 2 is 2.33 bits per heavy atom. The molecule has 1 aromatic carbocycles. The average molecular weight is 303 g/mol. The number of nitrogens with one attached hydrogen (secondary N) is 2. The molecular formula is C14H13N3O3S. The van der Waals surface area contributed by atoms with Crippen molar-refractivity contribution in [2.45, 2.75) is 0 Å². The number of methoxy groups -OCH3 is 1. The smallest absolute Gasteiger partial charge is 0.262 e. The Hall–Kier alpha value is -2.28. The lowest BCUT2D eigenvalue weighted by molar-refractivity contribution is 0.0977. The molecule has 0 atom stereocenters. The van der Waals surface area contributed by atoms with Crippen LogP contribution >= 0.6 is 11.8 Å². The van der Waals surface area contributed by atoms with Crippen LogP contribution in [0.2, 0.25) is 0 Å². The van der Waals surface area contributed by atoms with Crippen LogP contribution in [0.4, 0.5) is 0 Å². The molecule has 108 valence electrons.